The Morgan fingerprint density at radius 3 is 2.43 bits per heavy atom. The van der Waals surface area contributed by atoms with Crippen LogP contribution in [0.25, 0.3) is 0 Å². The van der Waals surface area contributed by atoms with Crippen LogP contribution in [-0.2, 0) is 11.4 Å². The van der Waals surface area contributed by atoms with Crippen LogP contribution in [0.3, 0.4) is 0 Å². The summed E-state index contributed by atoms with van der Waals surface area (Å²) < 4.78 is 5.79. The zero-order chi connectivity index (χ0) is 21.2. The van der Waals surface area contributed by atoms with Crippen molar-refractivity contribution in [3.05, 3.63) is 90.0 Å². The lowest BCUT2D eigenvalue weighted by Gasteiger charge is -2.11. The number of benzene rings is 3. The molecule has 154 valence electrons. The molecule has 6 nitrogen and oxygen atoms in total. The van der Waals surface area contributed by atoms with Gasteiger partial charge in [0.2, 0.25) is 5.91 Å². The predicted octanol–water partition coefficient (Wildman–Crippen LogP) is 4.07. The molecule has 0 aromatic heterocycles. The quantitative estimate of drug-likeness (QED) is 0.503. The Labute approximate surface area is 176 Å². The monoisotopic (exact) mass is 403 g/mol. The van der Waals surface area contributed by atoms with E-state index in [0.29, 0.717) is 35.8 Å². The van der Waals surface area contributed by atoms with Crippen LogP contribution in [0.1, 0.15) is 22.8 Å². The van der Waals surface area contributed by atoms with E-state index in [-0.39, 0.29) is 18.4 Å². The summed E-state index contributed by atoms with van der Waals surface area (Å²) in [6, 6.07) is 24.2. The summed E-state index contributed by atoms with van der Waals surface area (Å²) in [6.45, 7) is 2.97. The van der Waals surface area contributed by atoms with Crippen LogP contribution in [0.4, 0.5) is 11.4 Å². The Morgan fingerprint density at radius 2 is 1.63 bits per heavy atom. The molecular weight excluding hydrogens is 378 g/mol. The van der Waals surface area contributed by atoms with Crippen LogP contribution in [-0.4, -0.2) is 24.9 Å². The fourth-order valence-corrected chi connectivity index (χ4v) is 2.83. The van der Waals surface area contributed by atoms with Gasteiger partial charge < -0.3 is 20.7 Å². The third-order valence-electron chi connectivity index (χ3n) is 4.28. The highest BCUT2D eigenvalue weighted by molar-refractivity contribution is 5.96. The average molecular weight is 403 g/mol. The number of anilines is 2. The molecule has 0 unspecified atom stereocenters. The number of ether oxygens (including phenoxy) is 1. The molecule has 3 aromatic carbocycles. The van der Waals surface area contributed by atoms with Gasteiger partial charge in [0.25, 0.3) is 5.91 Å². The molecule has 0 atom stereocenters. The van der Waals surface area contributed by atoms with Crippen molar-refractivity contribution in [2.45, 2.75) is 13.5 Å². The van der Waals surface area contributed by atoms with Crippen molar-refractivity contribution in [3.63, 3.8) is 0 Å². The van der Waals surface area contributed by atoms with Crippen LogP contribution in [0, 0.1) is 0 Å². The molecule has 30 heavy (non-hydrogen) atoms. The number of hydrogen-bond donors (Lipinski definition) is 3. The minimum Gasteiger partial charge on any atom is -0.489 e. The van der Waals surface area contributed by atoms with Gasteiger partial charge in [0.15, 0.2) is 0 Å². The largest absolute Gasteiger partial charge is 0.489 e. The molecular formula is C24H25N3O3. The second-order valence-electron chi connectivity index (χ2n) is 6.64. The zero-order valence-corrected chi connectivity index (χ0v) is 16.9. The average Bonchev–Trinajstić information content (AvgIpc) is 2.78. The Kier molecular flexibility index (Phi) is 7.44. The highest BCUT2D eigenvalue weighted by atomic mass is 16.5. The lowest BCUT2D eigenvalue weighted by Crippen LogP contribution is -2.23. The van der Waals surface area contributed by atoms with Crippen LogP contribution in [0.2, 0.25) is 0 Å². The molecule has 0 saturated carbocycles. The summed E-state index contributed by atoms with van der Waals surface area (Å²) >= 11 is 0. The zero-order valence-electron chi connectivity index (χ0n) is 16.9. The number of rotatable bonds is 9. The van der Waals surface area contributed by atoms with Crippen LogP contribution >= 0.6 is 0 Å². The van der Waals surface area contributed by atoms with E-state index in [4.69, 9.17) is 4.74 Å². The van der Waals surface area contributed by atoms with Crippen molar-refractivity contribution >= 4 is 23.2 Å². The summed E-state index contributed by atoms with van der Waals surface area (Å²) in [7, 11) is 0. The van der Waals surface area contributed by atoms with E-state index in [1.807, 2.05) is 61.5 Å². The Hall–Kier alpha value is -3.80. The first-order chi connectivity index (χ1) is 14.6. The van der Waals surface area contributed by atoms with E-state index in [1.54, 1.807) is 24.3 Å². The van der Waals surface area contributed by atoms with Gasteiger partial charge in [-0.1, -0.05) is 42.5 Å². The topological polar surface area (TPSA) is 79.5 Å². The molecule has 3 N–H and O–H groups in total. The fraction of sp³-hybridized carbons (Fsp3) is 0.167. The fourth-order valence-electron chi connectivity index (χ4n) is 2.83. The van der Waals surface area contributed by atoms with Crippen LogP contribution < -0.4 is 20.7 Å². The molecule has 0 spiro atoms. The molecule has 0 bridgehead atoms. The second-order valence-corrected chi connectivity index (χ2v) is 6.64. The third-order valence-corrected chi connectivity index (χ3v) is 4.28. The maximum atomic E-state index is 12.3. The van der Waals surface area contributed by atoms with Gasteiger partial charge in [-0.25, -0.2) is 0 Å². The lowest BCUT2D eigenvalue weighted by molar-refractivity contribution is -0.114. The Morgan fingerprint density at radius 1 is 0.867 bits per heavy atom. The van der Waals surface area contributed by atoms with Gasteiger partial charge in [0, 0.05) is 29.5 Å². The van der Waals surface area contributed by atoms with Gasteiger partial charge in [0.05, 0.1) is 6.54 Å². The SMILES string of the molecule is CCNC(=O)c1cccc(NCC(=O)Nc2cccc(OCc3ccccc3)c2)c1. The Bertz CT molecular complexity index is 990. The van der Waals surface area contributed by atoms with Gasteiger partial charge in [-0.3, -0.25) is 9.59 Å². The first kappa shape index (κ1) is 20.9. The summed E-state index contributed by atoms with van der Waals surface area (Å²) in [6.07, 6.45) is 0. The van der Waals surface area contributed by atoms with E-state index >= 15 is 0 Å². The van der Waals surface area contributed by atoms with E-state index in [2.05, 4.69) is 16.0 Å². The van der Waals surface area contributed by atoms with E-state index in [1.165, 1.54) is 0 Å². The van der Waals surface area contributed by atoms with Gasteiger partial charge >= 0.3 is 0 Å². The molecule has 0 heterocycles. The number of nitrogens with one attached hydrogen (secondary N) is 3. The second kappa shape index (κ2) is 10.7. The number of hydrogen-bond acceptors (Lipinski definition) is 4. The van der Waals surface area contributed by atoms with Crippen LogP contribution in [0.5, 0.6) is 5.75 Å². The molecule has 6 heteroatoms. The van der Waals surface area contributed by atoms with Crippen molar-refractivity contribution in [3.8, 4) is 5.75 Å². The first-order valence-corrected chi connectivity index (χ1v) is 9.83. The summed E-state index contributed by atoms with van der Waals surface area (Å²) in [5, 5.41) is 8.64. The van der Waals surface area contributed by atoms with Gasteiger partial charge in [-0.05, 0) is 42.8 Å². The summed E-state index contributed by atoms with van der Waals surface area (Å²) in [5.41, 5.74) is 2.98. The normalized spacial score (nSPS) is 10.2. The van der Waals surface area contributed by atoms with E-state index < -0.39 is 0 Å². The molecule has 0 saturated heterocycles. The van der Waals surface area contributed by atoms with Crippen molar-refractivity contribution in [1.82, 2.24) is 5.32 Å². The summed E-state index contributed by atoms with van der Waals surface area (Å²) in [5.74, 6) is 0.343. The van der Waals surface area contributed by atoms with Gasteiger partial charge in [-0.2, -0.15) is 0 Å². The van der Waals surface area contributed by atoms with Crippen LogP contribution in [0.15, 0.2) is 78.9 Å². The maximum absolute atomic E-state index is 12.3. The number of carbonyl (C=O) groups is 2. The minimum absolute atomic E-state index is 0.0773. The van der Waals surface area contributed by atoms with E-state index in [0.717, 1.165) is 5.56 Å². The van der Waals surface area contributed by atoms with Crippen molar-refractivity contribution < 1.29 is 14.3 Å². The molecule has 0 radical (unpaired) electrons. The highest BCUT2D eigenvalue weighted by Crippen LogP contribution is 2.19. The smallest absolute Gasteiger partial charge is 0.251 e. The molecule has 0 aliphatic rings. The molecule has 0 aliphatic carbocycles. The van der Waals surface area contributed by atoms with Gasteiger partial charge in [0.1, 0.15) is 12.4 Å². The summed E-state index contributed by atoms with van der Waals surface area (Å²) in [4.78, 5) is 24.2. The minimum atomic E-state index is -0.196. The Balaban J connectivity index is 1.51. The van der Waals surface area contributed by atoms with Crippen molar-refractivity contribution in [1.29, 1.82) is 0 Å². The van der Waals surface area contributed by atoms with Crippen molar-refractivity contribution in [2.24, 2.45) is 0 Å². The number of carbonyl (C=O) groups excluding carboxylic acids is 2. The molecule has 0 aliphatic heterocycles. The maximum Gasteiger partial charge on any atom is 0.251 e. The molecule has 3 rings (SSSR count). The molecule has 0 fully saturated rings. The first-order valence-electron chi connectivity index (χ1n) is 9.83. The standard InChI is InChI=1S/C24H25N3O3/c1-2-25-24(29)19-10-6-11-20(14-19)26-16-23(28)27-21-12-7-13-22(15-21)30-17-18-8-4-3-5-9-18/h3-15,26H,2,16-17H2,1H3,(H,25,29)(H,27,28). The molecule has 3 aromatic rings. The number of amides is 2. The van der Waals surface area contributed by atoms with Crippen molar-refractivity contribution in [2.75, 3.05) is 23.7 Å². The van der Waals surface area contributed by atoms with Gasteiger partial charge in [-0.15, -0.1) is 0 Å². The van der Waals surface area contributed by atoms with E-state index in [9.17, 15) is 9.59 Å². The highest BCUT2D eigenvalue weighted by Gasteiger charge is 2.07. The third kappa shape index (κ3) is 6.38. The lowest BCUT2D eigenvalue weighted by atomic mass is 10.2. The molecule has 2 amide bonds. The predicted molar refractivity (Wildman–Crippen MR) is 119 cm³/mol.